The predicted octanol–water partition coefficient (Wildman–Crippen LogP) is 2.40. The van der Waals surface area contributed by atoms with E-state index in [4.69, 9.17) is 16.3 Å². The smallest absolute Gasteiger partial charge is 0.191 e. The van der Waals surface area contributed by atoms with Gasteiger partial charge < -0.3 is 15.4 Å². The van der Waals surface area contributed by atoms with Gasteiger partial charge in [-0.1, -0.05) is 37.6 Å². The molecule has 2 rings (SSSR count). The molecule has 5 nitrogen and oxygen atoms in total. The van der Waals surface area contributed by atoms with Gasteiger partial charge in [-0.15, -0.1) is 0 Å². The molecule has 1 atom stereocenters. The van der Waals surface area contributed by atoms with Crippen molar-refractivity contribution in [1.29, 1.82) is 0 Å². The zero-order valence-corrected chi connectivity index (χ0v) is 16.4. The van der Waals surface area contributed by atoms with Gasteiger partial charge in [0, 0.05) is 44.3 Å². The van der Waals surface area contributed by atoms with Crippen LogP contribution in [0, 0.1) is 5.92 Å². The van der Waals surface area contributed by atoms with Crippen LogP contribution in [0.2, 0.25) is 5.02 Å². The van der Waals surface area contributed by atoms with E-state index in [0.717, 1.165) is 56.8 Å². The first-order valence-corrected chi connectivity index (χ1v) is 9.48. The minimum atomic E-state index is 0.485. The Morgan fingerprint density at radius 1 is 1.20 bits per heavy atom. The van der Waals surface area contributed by atoms with Gasteiger partial charge in [0.2, 0.25) is 0 Å². The first kappa shape index (κ1) is 20.0. The Hall–Kier alpha value is -1.30. The summed E-state index contributed by atoms with van der Waals surface area (Å²) in [6, 6.07) is 8.47. The third-order valence-electron chi connectivity index (χ3n) is 4.61. The monoisotopic (exact) mass is 366 g/mol. The summed E-state index contributed by atoms with van der Waals surface area (Å²) in [5.41, 5.74) is 1.26. The van der Waals surface area contributed by atoms with Crippen LogP contribution in [0.25, 0.3) is 0 Å². The molecule has 25 heavy (non-hydrogen) atoms. The number of ether oxygens (including phenoxy) is 1. The van der Waals surface area contributed by atoms with Crippen LogP contribution in [-0.2, 0) is 11.2 Å². The normalized spacial score (nSPS) is 17.6. The highest BCUT2D eigenvalue weighted by Gasteiger charge is 2.23. The van der Waals surface area contributed by atoms with Crippen molar-refractivity contribution < 1.29 is 4.74 Å². The molecule has 1 aliphatic heterocycles. The third kappa shape index (κ3) is 6.84. The fourth-order valence-electron chi connectivity index (χ4n) is 3.09. The van der Waals surface area contributed by atoms with E-state index in [1.807, 2.05) is 19.2 Å². The number of nitrogens with one attached hydrogen (secondary N) is 2. The lowest BCUT2D eigenvalue weighted by Gasteiger charge is -2.37. The molecule has 0 radical (unpaired) electrons. The van der Waals surface area contributed by atoms with Crippen LogP contribution in [0.15, 0.2) is 29.3 Å². The van der Waals surface area contributed by atoms with Crippen molar-refractivity contribution in [3.05, 3.63) is 34.9 Å². The molecule has 0 amide bonds. The first-order chi connectivity index (χ1) is 12.1. The molecule has 1 fully saturated rings. The Morgan fingerprint density at radius 2 is 1.88 bits per heavy atom. The highest BCUT2D eigenvalue weighted by atomic mass is 35.5. The fourth-order valence-corrected chi connectivity index (χ4v) is 3.22. The molecule has 1 heterocycles. The largest absolute Gasteiger partial charge is 0.379 e. The first-order valence-electron chi connectivity index (χ1n) is 9.11. The van der Waals surface area contributed by atoms with Crippen molar-refractivity contribution in [2.75, 3.05) is 46.4 Å². The van der Waals surface area contributed by atoms with Crippen LogP contribution in [0.3, 0.4) is 0 Å². The van der Waals surface area contributed by atoms with Crippen LogP contribution in [-0.4, -0.2) is 63.3 Å². The summed E-state index contributed by atoms with van der Waals surface area (Å²) in [6.45, 7) is 9.95. The lowest BCUT2D eigenvalue weighted by atomic mass is 10.0. The molecule has 0 bridgehead atoms. The molecule has 0 aliphatic carbocycles. The highest BCUT2D eigenvalue weighted by Crippen LogP contribution is 2.12. The number of aliphatic imine (C=N–C) groups is 1. The van der Waals surface area contributed by atoms with Gasteiger partial charge in [0.05, 0.1) is 13.2 Å². The number of guanidine groups is 1. The van der Waals surface area contributed by atoms with E-state index < -0.39 is 0 Å². The Bertz CT molecular complexity index is 527. The number of nitrogens with zero attached hydrogens (tertiary/aromatic N) is 2. The maximum absolute atomic E-state index is 5.92. The van der Waals surface area contributed by atoms with E-state index in [1.54, 1.807) is 0 Å². The summed E-state index contributed by atoms with van der Waals surface area (Å²) >= 11 is 5.92. The summed E-state index contributed by atoms with van der Waals surface area (Å²) in [4.78, 5) is 6.86. The summed E-state index contributed by atoms with van der Waals surface area (Å²) in [6.07, 6.45) is 0.939. The topological polar surface area (TPSA) is 48.9 Å². The lowest BCUT2D eigenvalue weighted by molar-refractivity contribution is 0.00752. The molecule has 1 unspecified atom stereocenters. The van der Waals surface area contributed by atoms with Crippen LogP contribution in [0.4, 0.5) is 0 Å². The Kier molecular flexibility index (Phi) is 8.52. The molecular weight excluding hydrogens is 336 g/mol. The molecule has 1 saturated heterocycles. The second-order valence-corrected chi connectivity index (χ2v) is 7.15. The SMILES string of the molecule is CN=C(NCCc1ccc(Cl)cc1)NCC(C(C)C)N1CCOCC1. The summed E-state index contributed by atoms with van der Waals surface area (Å²) in [5, 5.41) is 7.65. The Morgan fingerprint density at radius 3 is 2.48 bits per heavy atom. The predicted molar refractivity (Wildman–Crippen MR) is 106 cm³/mol. The van der Waals surface area contributed by atoms with E-state index in [0.29, 0.717) is 12.0 Å². The molecular formula is C19H31ClN4O. The van der Waals surface area contributed by atoms with Gasteiger partial charge in [0.15, 0.2) is 5.96 Å². The van der Waals surface area contributed by atoms with Gasteiger partial charge in [0.1, 0.15) is 0 Å². The number of halogens is 1. The van der Waals surface area contributed by atoms with Crippen molar-refractivity contribution >= 4 is 17.6 Å². The van der Waals surface area contributed by atoms with Gasteiger partial charge in [-0.25, -0.2) is 0 Å². The van der Waals surface area contributed by atoms with Crippen molar-refractivity contribution in [1.82, 2.24) is 15.5 Å². The van der Waals surface area contributed by atoms with Crippen LogP contribution in [0.5, 0.6) is 0 Å². The molecule has 6 heteroatoms. The van der Waals surface area contributed by atoms with E-state index in [2.05, 4.69) is 46.5 Å². The van der Waals surface area contributed by atoms with E-state index in [9.17, 15) is 0 Å². The average molecular weight is 367 g/mol. The molecule has 0 aromatic heterocycles. The second kappa shape index (κ2) is 10.6. The summed E-state index contributed by atoms with van der Waals surface area (Å²) in [7, 11) is 1.82. The average Bonchev–Trinajstić information content (AvgIpc) is 2.62. The van der Waals surface area contributed by atoms with Crippen molar-refractivity contribution in [2.45, 2.75) is 26.3 Å². The van der Waals surface area contributed by atoms with Gasteiger partial charge in [0.25, 0.3) is 0 Å². The minimum Gasteiger partial charge on any atom is -0.379 e. The number of morpholine rings is 1. The second-order valence-electron chi connectivity index (χ2n) is 6.72. The summed E-state index contributed by atoms with van der Waals surface area (Å²) < 4.78 is 5.47. The van der Waals surface area contributed by atoms with Crippen molar-refractivity contribution in [3.8, 4) is 0 Å². The maximum atomic E-state index is 5.92. The molecule has 2 N–H and O–H groups in total. The number of hydrogen-bond donors (Lipinski definition) is 2. The van der Waals surface area contributed by atoms with Gasteiger partial charge in [-0.2, -0.15) is 0 Å². The molecule has 0 spiro atoms. The lowest BCUT2D eigenvalue weighted by Crippen LogP contribution is -2.52. The van der Waals surface area contributed by atoms with E-state index in [-0.39, 0.29) is 0 Å². The zero-order chi connectivity index (χ0) is 18.1. The zero-order valence-electron chi connectivity index (χ0n) is 15.6. The number of hydrogen-bond acceptors (Lipinski definition) is 3. The summed E-state index contributed by atoms with van der Waals surface area (Å²) in [5.74, 6) is 1.44. The molecule has 0 saturated carbocycles. The minimum absolute atomic E-state index is 0.485. The fraction of sp³-hybridized carbons (Fsp3) is 0.632. The third-order valence-corrected chi connectivity index (χ3v) is 4.86. The molecule has 1 aromatic rings. The van der Waals surface area contributed by atoms with Gasteiger partial charge in [-0.3, -0.25) is 9.89 Å². The van der Waals surface area contributed by atoms with E-state index in [1.165, 1.54) is 5.56 Å². The molecule has 140 valence electrons. The van der Waals surface area contributed by atoms with Crippen molar-refractivity contribution in [3.63, 3.8) is 0 Å². The molecule has 1 aliphatic rings. The number of benzene rings is 1. The van der Waals surface area contributed by atoms with Crippen LogP contribution >= 0.6 is 11.6 Å². The standard InChI is InChI=1S/C19H31ClN4O/c1-15(2)18(24-10-12-25-13-11-24)14-23-19(21-3)22-9-8-16-4-6-17(20)7-5-16/h4-7,15,18H,8-14H2,1-3H3,(H2,21,22,23). The van der Waals surface area contributed by atoms with Crippen molar-refractivity contribution in [2.24, 2.45) is 10.9 Å². The number of rotatable bonds is 7. The van der Waals surface area contributed by atoms with Crippen LogP contribution in [0.1, 0.15) is 19.4 Å². The Balaban J connectivity index is 1.76. The van der Waals surface area contributed by atoms with E-state index >= 15 is 0 Å². The van der Waals surface area contributed by atoms with Gasteiger partial charge >= 0.3 is 0 Å². The highest BCUT2D eigenvalue weighted by molar-refractivity contribution is 6.30. The Labute approximate surface area is 156 Å². The van der Waals surface area contributed by atoms with Crippen LogP contribution < -0.4 is 10.6 Å². The van der Waals surface area contributed by atoms with Gasteiger partial charge in [-0.05, 0) is 30.0 Å². The quantitative estimate of drug-likeness (QED) is 0.574. The molecule has 1 aromatic carbocycles. The maximum Gasteiger partial charge on any atom is 0.191 e.